The van der Waals surface area contributed by atoms with Crippen molar-refractivity contribution >= 4 is 11.6 Å². The van der Waals surface area contributed by atoms with Crippen LogP contribution >= 0.6 is 11.6 Å². The van der Waals surface area contributed by atoms with Crippen LogP contribution in [0.2, 0.25) is 5.15 Å². The Kier molecular flexibility index (Phi) is 2.50. The van der Waals surface area contributed by atoms with Crippen LogP contribution in [0.3, 0.4) is 0 Å². The molecule has 15 heavy (non-hydrogen) atoms. The molecule has 0 N–H and O–H groups in total. The summed E-state index contributed by atoms with van der Waals surface area (Å²) in [5, 5.41) is -0.239. The molecule has 6 heteroatoms. The van der Waals surface area contributed by atoms with E-state index in [4.69, 9.17) is 16.3 Å². The van der Waals surface area contributed by atoms with Gasteiger partial charge in [0.2, 0.25) is 0 Å². The van der Waals surface area contributed by atoms with Gasteiger partial charge in [0.25, 0.3) is 0 Å². The second-order valence-corrected chi connectivity index (χ2v) is 3.66. The second kappa shape index (κ2) is 3.56. The van der Waals surface area contributed by atoms with Crippen molar-refractivity contribution in [3.8, 4) is 5.75 Å². The van der Waals surface area contributed by atoms with Crippen LogP contribution < -0.4 is 4.74 Å². The van der Waals surface area contributed by atoms with Gasteiger partial charge in [-0.3, -0.25) is 0 Å². The SMILES string of the molecule is FC(F)(F)c1ccc(OC2CC2)c(Cl)n1. The van der Waals surface area contributed by atoms with E-state index in [2.05, 4.69) is 4.98 Å². The van der Waals surface area contributed by atoms with Crippen molar-refractivity contribution in [1.29, 1.82) is 0 Å². The monoisotopic (exact) mass is 237 g/mol. The van der Waals surface area contributed by atoms with Crippen LogP contribution in [0, 0.1) is 0 Å². The maximum absolute atomic E-state index is 12.2. The van der Waals surface area contributed by atoms with E-state index in [-0.39, 0.29) is 17.0 Å². The van der Waals surface area contributed by atoms with Crippen LogP contribution in [-0.4, -0.2) is 11.1 Å². The molecule has 2 rings (SSSR count). The molecule has 1 aliphatic rings. The van der Waals surface area contributed by atoms with Crippen LogP contribution in [0.4, 0.5) is 13.2 Å². The molecule has 1 aromatic rings. The molecular formula is C9H7ClF3NO. The third-order valence-corrected chi connectivity index (χ3v) is 2.19. The molecule has 1 saturated carbocycles. The molecule has 1 fully saturated rings. The van der Waals surface area contributed by atoms with Gasteiger partial charge in [0.05, 0.1) is 6.10 Å². The molecule has 0 atom stereocenters. The summed E-state index contributed by atoms with van der Waals surface area (Å²) in [7, 11) is 0. The van der Waals surface area contributed by atoms with Crippen LogP contribution in [-0.2, 0) is 6.18 Å². The number of ether oxygens (including phenoxy) is 1. The largest absolute Gasteiger partial charge is 0.487 e. The molecule has 0 spiro atoms. The predicted octanol–water partition coefficient (Wildman–Crippen LogP) is 3.30. The first kappa shape index (κ1) is 10.5. The maximum Gasteiger partial charge on any atom is 0.433 e. The van der Waals surface area contributed by atoms with Crippen molar-refractivity contribution in [3.63, 3.8) is 0 Å². The first-order valence-corrected chi connectivity index (χ1v) is 4.75. The van der Waals surface area contributed by atoms with Gasteiger partial charge in [-0.25, -0.2) is 4.98 Å². The molecule has 0 unspecified atom stereocenters. The molecule has 0 aliphatic heterocycles. The van der Waals surface area contributed by atoms with E-state index >= 15 is 0 Å². The first-order valence-electron chi connectivity index (χ1n) is 4.37. The number of aromatic nitrogens is 1. The lowest BCUT2D eigenvalue weighted by atomic mass is 10.3. The molecule has 1 heterocycles. The highest BCUT2D eigenvalue weighted by Gasteiger charge is 2.33. The third kappa shape index (κ3) is 2.53. The minimum absolute atomic E-state index is 0.0843. The molecule has 0 saturated heterocycles. The van der Waals surface area contributed by atoms with E-state index in [0.29, 0.717) is 0 Å². The van der Waals surface area contributed by atoms with Crippen molar-refractivity contribution < 1.29 is 17.9 Å². The Bertz CT molecular complexity index is 376. The molecule has 0 aromatic carbocycles. The minimum atomic E-state index is -4.47. The van der Waals surface area contributed by atoms with E-state index < -0.39 is 11.9 Å². The average molecular weight is 238 g/mol. The van der Waals surface area contributed by atoms with Gasteiger partial charge in [-0.2, -0.15) is 13.2 Å². The fraction of sp³-hybridized carbons (Fsp3) is 0.444. The third-order valence-electron chi connectivity index (χ3n) is 1.92. The Balaban J connectivity index is 2.21. The van der Waals surface area contributed by atoms with Crippen molar-refractivity contribution in [2.24, 2.45) is 0 Å². The quantitative estimate of drug-likeness (QED) is 0.737. The number of nitrogens with zero attached hydrogens (tertiary/aromatic N) is 1. The number of rotatable bonds is 2. The van der Waals surface area contributed by atoms with Crippen molar-refractivity contribution in [2.45, 2.75) is 25.1 Å². The molecule has 1 aromatic heterocycles. The van der Waals surface area contributed by atoms with E-state index in [1.165, 1.54) is 6.07 Å². The van der Waals surface area contributed by atoms with Crippen LogP contribution in [0.25, 0.3) is 0 Å². The van der Waals surface area contributed by atoms with Crippen LogP contribution in [0.1, 0.15) is 18.5 Å². The fourth-order valence-corrected chi connectivity index (χ4v) is 1.23. The van der Waals surface area contributed by atoms with Crippen LogP contribution in [0.15, 0.2) is 12.1 Å². The van der Waals surface area contributed by atoms with Gasteiger partial charge in [-0.1, -0.05) is 11.6 Å². The number of hydrogen-bond acceptors (Lipinski definition) is 2. The summed E-state index contributed by atoms with van der Waals surface area (Å²) in [5.74, 6) is 0.215. The Hall–Kier alpha value is -0.970. The number of halogens is 4. The van der Waals surface area contributed by atoms with Gasteiger partial charge in [0, 0.05) is 0 Å². The Morgan fingerprint density at radius 1 is 1.33 bits per heavy atom. The van der Waals surface area contributed by atoms with Gasteiger partial charge in [0.1, 0.15) is 5.69 Å². The summed E-state index contributed by atoms with van der Waals surface area (Å²) >= 11 is 5.57. The van der Waals surface area contributed by atoms with Gasteiger partial charge in [-0.05, 0) is 25.0 Å². The zero-order chi connectivity index (χ0) is 11.1. The Morgan fingerprint density at radius 2 is 2.00 bits per heavy atom. The molecule has 0 radical (unpaired) electrons. The molecule has 0 amide bonds. The summed E-state index contributed by atoms with van der Waals surface area (Å²) < 4.78 is 41.9. The summed E-state index contributed by atoms with van der Waals surface area (Å²) in [6.07, 6.45) is -2.56. The molecule has 2 nitrogen and oxygen atoms in total. The zero-order valence-corrected chi connectivity index (χ0v) is 8.27. The first-order chi connectivity index (χ1) is 6.97. The zero-order valence-electron chi connectivity index (χ0n) is 7.51. The van der Waals surface area contributed by atoms with E-state index in [0.717, 1.165) is 18.9 Å². The molecule has 0 bridgehead atoms. The highest BCUT2D eigenvalue weighted by atomic mass is 35.5. The molecule has 82 valence electrons. The standard InChI is InChI=1S/C9H7ClF3NO/c10-8-6(15-5-1-2-5)3-4-7(14-8)9(11,12)13/h3-5H,1-2H2. The average Bonchev–Trinajstić information content (AvgIpc) is 2.90. The lowest BCUT2D eigenvalue weighted by Crippen LogP contribution is -2.08. The van der Waals surface area contributed by atoms with E-state index in [1.54, 1.807) is 0 Å². The second-order valence-electron chi connectivity index (χ2n) is 3.30. The summed E-state index contributed by atoms with van der Waals surface area (Å²) in [6, 6.07) is 2.07. The van der Waals surface area contributed by atoms with E-state index in [9.17, 15) is 13.2 Å². The van der Waals surface area contributed by atoms with Gasteiger partial charge < -0.3 is 4.74 Å². The van der Waals surface area contributed by atoms with Crippen molar-refractivity contribution in [1.82, 2.24) is 4.98 Å². The molecular weight excluding hydrogens is 231 g/mol. The van der Waals surface area contributed by atoms with Crippen molar-refractivity contribution in [2.75, 3.05) is 0 Å². The summed E-state index contributed by atoms with van der Waals surface area (Å²) in [5.41, 5.74) is -1.00. The lowest BCUT2D eigenvalue weighted by molar-refractivity contribution is -0.141. The normalized spacial score (nSPS) is 16.5. The Labute approximate surface area is 89.0 Å². The highest BCUT2D eigenvalue weighted by molar-refractivity contribution is 6.30. The van der Waals surface area contributed by atoms with E-state index in [1.807, 2.05) is 0 Å². The molecule has 1 aliphatic carbocycles. The summed E-state index contributed by atoms with van der Waals surface area (Å²) in [4.78, 5) is 3.24. The predicted molar refractivity (Wildman–Crippen MR) is 47.9 cm³/mol. The van der Waals surface area contributed by atoms with Gasteiger partial charge in [0.15, 0.2) is 10.9 Å². The van der Waals surface area contributed by atoms with Crippen LogP contribution in [0.5, 0.6) is 5.75 Å². The number of pyridine rings is 1. The summed E-state index contributed by atoms with van der Waals surface area (Å²) in [6.45, 7) is 0. The van der Waals surface area contributed by atoms with Gasteiger partial charge >= 0.3 is 6.18 Å². The Morgan fingerprint density at radius 3 is 2.47 bits per heavy atom. The van der Waals surface area contributed by atoms with Crippen molar-refractivity contribution in [3.05, 3.63) is 23.0 Å². The smallest absolute Gasteiger partial charge is 0.433 e. The number of hydrogen-bond donors (Lipinski definition) is 0. The number of alkyl halides is 3. The highest BCUT2D eigenvalue weighted by Crippen LogP contribution is 2.34. The maximum atomic E-state index is 12.2. The minimum Gasteiger partial charge on any atom is -0.487 e. The van der Waals surface area contributed by atoms with Gasteiger partial charge in [-0.15, -0.1) is 0 Å². The topological polar surface area (TPSA) is 22.1 Å². The lowest BCUT2D eigenvalue weighted by Gasteiger charge is -2.09. The fourth-order valence-electron chi connectivity index (χ4n) is 1.03.